The second-order valence-corrected chi connectivity index (χ2v) is 5.20. The summed E-state index contributed by atoms with van der Waals surface area (Å²) in [5, 5.41) is 0. The lowest BCUT2D eigenvalue weighted by molar-refractivity contribution is -0.143. The number of ether oxygens (including phenoxy) is 1. The molecule has 20 heavy (non-hydrogen) atoms. The molecule has 1 aromatic rings. The van der Waals surface area contributed by atoms with E-state index in [9.17, 15) is 4.79 Å². The van der Waals surface area contributed by atoms with Crippen LogP contribution in [0.2, 0.25) is 0 Å². The molecule has 0 N–H and O–H groups in total. The van der Waals surface area contributed by atoms with E-state index in [4.69, 9.17) is 4.74 Å². The number of allylic oxidation sites excluding steroid dienone is 2. The van der Waals surface area contributed by atoms with Crippen molar-refractivity contribution in [2.24, 2.45) is 11.8 Å². The Morgan fingerprint density at radius 1 is 1.25 bits per heavy atom. The highest BCUT2D eigenvalue weighted by Gasteiger charge is 2.06. The first kappa shape index (κ1) is 16.2. The van der Waals surface area contributed by atoms with E-state index in [2.05, 4.69) is 25.7 Å². The fourth-order valence-electron chi connectivity index (χ4n) is 1.72. The van der Waals surface area contributed by atoms with Gasteiger partial charge in [-0.05, 0) is 17.9 Å². The zero-order chi connectivity index (χ0) is 14.8. The van der Waals surface area contributed by atoms with Crippen LogP contribution in [0.3, 0.4) is 0 Å². The first-order valence-electron chi connectivity index (χ1n) is 7.10. The Bertz CT molecular complexity index is 434. The van der Waals surface area contributed by atoms with E-state index >= 15 is 0 Å². The van der Waals surface area contributed by atoms with Gasteiger partial charge in [0, 0.05) is 5.92 Å². The average Bonchev–Trinajstić information content (AvgIpc) is 2.46. The first-order valence-corrected chi connectivity index (χ1v) is 7.10. The van der Waals surface area contributed by atoms with Crippen LogP contribution in [0.1, 0.15) is 25.8 Å². The quantitative estimate of drug-likeness (QED) is 0.524. The highest BCUT2D eigenvalue weighted by atomic mass is 16.5. The maximum absolute atomic E-state index is 11.7. The third-order valence-electron chi connectivity index (χ3n) is 3.07. The predicted molar refractivity (Wildman–Crippen MR) is 83.4 cm³/mol. The van der Waals surface area contributed by atoms with Gasteiger partial charge in [0.05, 0.1) is 13.0 Å². The van der Waals surface area contributed by atoms with Crippen LogP contribution in [-0.2, 0) is 16.0 Å². The van der Waals surface area contributed by atoms with E-state index in [1.807, 2.05) is 43.3 Å². The van der Waals surface area contributed by atoms with E-state index in [1.165, 1.54) is 0 Å². The maximum Gasteiger partial charge on any atom is 0.310 e. The third kappa shape index (κ3) is 6.93. The molecule has 0 aliphatic carbocycles. The minimum Gasteiger partial charge on any atom is -0.465 e. The van der Waals surface area contributed by atoms with Gasteiger partial charge in [-0.2, -0.15) is 0 Å². The molecule has 0 radical (unpaired) electrons. The first-order chi connectivity index (χ1) is 9.61. The van der Waals surface area contributed by atoms with Crippen LogP contribution in [-0.4, -0.2) is 12.6 Å². The highest BCUT2D eigenvalue weighted by molar-refractivity contribution is 5.72. The largest absolute Gasteiger partial charge is 0.465 e. The Labute approximate surface area is 122 Å². The monoisotopic (exact) mass is 272 g/mol. The second-order valence-electron chi connectivity index (χ2n) is 5.20. The SMILES string of the molecule is C=CC(C)C/C=C/C(C)COC(=O)Cc1ccccc1. The molecule has 0 heterocycles. The Morgan fingerprint density at radius 2 is 1.95 bits per heavy atom. The van der Waals surface area contributed by atoms with E-state index in [-0.39, 0.29) is 11.9 Å². The number of hydrogen-bond acceptors (Lipinski definition) is 2. The Morgan fingerprint density at radius 3 is 2.60 bits per heavy atom. The van der Waals surface area contributed by atoms with Crippen molar-refractivity contribution in [3.63, 3.8) is 0 Å². The zero-order valence-electron chi connectivity index (χ0n) is 12.4. The van der Waals surface area contributed by atoms with Crippen LogP contribution in [0.25, 0.3) is 0 Å². The van der Waals surface area contributed by atoms with Gasteiger partial charge in [0.15, 0.2) is 0 Å². The lowest BCUT2D eigenvalue weighted by Crippen LogP contribution is -2.12. The number of rotatable bonds is 8. The normalized spacial score (nSPS) is 13.9. The summed E-state index contributed by atoms with van der Waals surface area (Å²) in [6.07, 6.45) is 7.48. The van der Waals surface area contributed by atoms with Crippen molar-refractivity contribution >= 4 is 5.97 Å². The highest BCUT2D eigenvalue weighted by Crippen LogP contribution is 2.07. The number of benzene rings is 1. The Balaban J connectivity index is 2.25. The molecule has 0 amide bonds. The van der Waals surface area contributed by atoms with Gasteiger partial charge >= 0.3 is 5.97 Å². The van der Waals surface area contributed by atoms with E-state index in [1.54, 1.807) is 0 Å². The molecule has 0 fully saturated rings. The average molecular weight is 272 g/mol. The van der Waals surface area contributed by atoms with Crippen LogP contribution in [0.4, 0.5) is 0 Å². The molecule has 2 nitrogen and oxygen atoms in total. The molecule has 0 aliphatic rings. The molecule has 2 unspecified atom stereocenters. The van der Waals surface area contributed by atoms with Crippen LogP contribution in [0.15, 0.2) is 55.1 Å². The second kappa shape index (κ2) is 9.13. The van der Waals surface area contributed by atoms with Crippen molar-refractivity contribution in [3.8, 4) is 0 Å². The summed E-state index contributed by atoms with van der Waals surface area (Å²) in [7, 11) is 0. The van der Waals surface area contributed by atoms with Gasteiger partial charge in [-0.1, -0.05) is 62.4 Å². The summed E-state index contributed by atoms with van der Waals surface area (Å²) in [5.74, 6) is 0.557. The van der Waals surface area contributed by atoms with Crippen molar-refractivity contribution in [1.29, 1.82) is 0 Å². The molecule has 0 saturated heterocycles. The molecule has 0 aliphatic heterocycles. The summed E-state index contributed by atoms with van der Waals surface area (Å²) < 4.78 is 5.28. The summed E-state index contributed by atoms with van der Waals surface area (Å²) in [6, 6.07) is 9.65. The summed E-state index contributed by atoms with van der Waals surface area (Å²) >= 11 is 0. The fraction of sp³-hybridized carbons (Fsp3) is 0.389. The van der Waals surface area contributed by atoms with E-state index in [0.717, 1.165) is 12.0 Å². The molecule has 0 aromatic heterocycles. The summed E-state index contributed by atoms with van der Waals surface area (Å²) in [4.78, 5) is 11.7. The Kier molecular flexibility index (Phi) is 7.41. The lowest BCUT2D eigenvalue weighted by Gasteiger charge is -2.09. The molecule has 2 atom stereocenters. The van der Waals surface area contributed by atoms with Gasteiger partial charge in [0.1, 0.15) is 0 Å². The molecule has 1 rings (SSSR count). The van der Waals surface area contributed by atoms with Crippen LogP contribution >= 0.6 is 0 Å². The number of hydrogen-bond donors (Lipinski definition) is 0. The summed E-state index contributed by atoms with van der Waals surface area (Å²) in [5.41, 5.74) is 0.987. The topological polar surface area (TPSA) is 26.3 Å². The van der Waals surface area contributed by atoms with Gasteiger partial charge < -0.3 is 4.74 Å². The van der Waals surface area contributed by atoms with Gasteiger partial charge in [0.25, 0.3) is 0 Å². The fourth-order valence-corrected chi connectivity index (χ4v) is 1.72. The zero-order valence-corrected chi connectivity index (χ0v) is 12.4. The van der Waals surface area contributed by atoms with E-state index < -0.39 is 0 Å². The summed E-state index contributed by atoms with van der Waals surface area (Å²) in [6.45, 7) is 8.36. The van der Waals surface area contributed by atoms with Gasteiger partial charge in [-0.3, -0.25) is 4.79 Å². The minimum absolute atomic E-state index is 0.170. The van der Waals surface area contributed by atoms with Gasteiger partial charge in [0.2, 0.25) is 0 Å². The molecular formula is C18H24O2. The van der Waals surface area contributed by atoms with Gasteiger partial charge in [-0.25, -0.2) is 0 Å². The van der Waals surface area contributed by atoms with Crippen LogP contribution in [0, 0.1) is 11.8 Å². The van der Waals surface area contributed by atoms with Crippen molar-refractivity contribution < 1.29 is 9.53 Å². The van der Waals surface area contributed by atoms with Crippen molar-refractivity contribution in [2.75, 3.05) is 6.61 Å². The predicted octanol–water partition coefficient (Wildman–Crippen LogP) is 4.18. The lowest BCUT2D eigenvalue weighted by atomic mass is 10.1. The van der Waals surface area contributed by atoms with E-state index in [0.29, 0.717) is 18.9 Å². The standard InChI is InChI=1S/C18H24O2/c1-4-15(2)9-8-10-16(3)14-20-18(19)13-17-11-6-5-7-12-17/h4-8,10-12,15-16H,1,9,13-14H2,2-3H3/b10-8+. The van der Waals surface area contributed by atoms with Crippen molar-refractivity contribution in [1.82, 2.24) is 0 Å². The van der Waals surface area contributed by atoms with Crippen molar-refractivity contribution in [2.45, 2.75) is 26.7 Å². The molecule has 0 saturated carbocycles. The minimum atomic E-state index is -0.170. The maximum atomic E-state index is 11.7. The number of carbonyl (C=O) groups excluding carboxylic acids is 1. The van der Waals surface area contributed by atoms with Crippen LogP contribution in [0.5, 0.6) is 0 Å². The number of esters is 1. The molecule has 2 heteroatoms. The Hall–Kier alpha value is -1.83. The smallest absolute Gasteiger partial charge is 0.310 e. The molecule has 108 valence electrons. The number of carbonyl (C=O) groups is 1. The third-order valence-corrected chi connectivity index (χ3v) is 3.07. The molecule has 0 spiro atoms. The molecule has 0 bridgehead atoms. The molecular weight excluding hydrogens is 248 g/mol. The molecule has 1 aromatic carbocycles. The van der Waals surface area contributed by atoms with Crippen molar-refractivity contribution in [3.05, 3.63) is 60.7 Å². The van der Waals surface area contributed by atoms with Gasteiger partial charge in [-0.15, -0.1) is 6.58 Å². The van der Waals surface area contributed by atoms with Crippen LogP contribution < -0.4 is 0 Å².